The van der Waals surface area contributed by atoms with Crippen molar-refractivity contribution < 1.29 is 18.6 Å². The van der Waals surface area contributed by atoms with Crippen LogP contribution >= 0.6 is 12.4 Å². The zero-order valence-electron chi connectivity index (χ0n) is 7.32. The molecule has 0 amide bonds. The van der Waals surface area contributed by atoms with Crippen molar-refractivity contribution in [3.8, 4) is 0 Å². The predicted octanol–water partition coefficient (Wildman–Crippen LogP) is 2.42. The van der Waals surface area contributed by atoms with Crippen LogP contribution in [0.2, 0.25) is 0 Å². The molecule has 0 bridgehead atoms. The maximum Gasteiger partial charge on any atom is 0.0485 e. The molecular formula is C8H15ClN2V. The fourth-order valence-electron chi connectivity index (χ4n) is 0.534. The minimum absolute atomic E-state index is 0. The van der Waals surface area contributed by atoms with Crippen LogP contribution in [0.4, 0.5) is 5.69 Å². The van der Waals surface area contributed by atoms with Gasteiger partial charge in [0.2, 0.25) is 0 Å². The van der Waals surface area contributed by atoms with Crippen LogP contribution in [-0.2, 0) is 18.6 Å². The maximum atomic E-state index is 5.10. The van der Waals surface area contributed by atoms with Crippen LogP contribution in [0.1, 0.15) is 13.8 Å². The van der Waals surface area contributed by atoms with Gasteiger partial charge in [-0.25, -0.2) is 0 Å². The quantitative estimate of drug-likeness (QED) is 0.569. The SMILES string of the molecule is CC.Cl.NNc1ccccc1.[V]. The van der Waals surface area contributed by atoms with E-state index in [0.717, 1.165) is 5.69 Å². The van der Waals surface area contributed by atoms with Crippen LogP contribution in [0.15, 0.2) is 30.3 Å². The standard InChI is InChI=1S/C6H8N2.C2H6.ClH.V/c7-8-6-4-2-1-3-5-6;1-2;;/h1-5,8H,7H2;1-2H3;1H;. The fraction of sp³-hybridized carbons (Fsp3) is 0.250. The third-order valence-electron chi connectivity index (χ3n) is 0.940. The van der Waals surface area contributed by atoms with Crippen LogP contribution in [0, 0.1) is 0 Å². The van der Waals surface area contributed by atoms with E-state index >= 15 is 0 Å². The van der Waals surface area contributed by atoms with E-state index in [0.29, 0.717) is 0 Å². The third kappa shape index (κ3) is 7.96. The Morgan fingerprint density at radius 3 is 1.75 bits per heavy atom. The van der Waals surface area contributed by atoms with Crippen LogP contribution in [0.3, 0.4) is 0 Å². The fourth-order valence-corrected chi connectivity index (χ4v) is 0.534. The summed E-state index contributed by atoms with van der Waals surface area (Å²) in [6, 6.07) is 9.60. The van der Waals surface area contributed by atoms with Crippen LogP contribution < -0.4 is 11.3 Å². The Kier molecular flexibility index (Phi) is 20.0. The topological polar surface area (TPSA) is 38.0 Å². The van der Waals surface area contributed by atoms with E-state index in [9.17, 15) is 0 Å². The molecule has 0 aliphatic rings. The zero-order valence-corrected chi connectivity index (χ0v) is 9.53. The molecule has 0 unspecified atom stereocenters. The molecule has 0 saturated carbocycles. The predicted molar refractivity (Wildman–Crippen MR) is 52.8 cm³/mol. The summed E-state index contributed by atoms with van der Waals surface area (Å²) in [6.07, 6.45) is 0. The molecule has 1 aromatic rings. The summed E-state index contributed by atoms with van der Waals surface area (Å²) in [5.41, 5.74) is 3.46. The molecule has 0 aliphatic carbocycles. The summed E-state index contributed by atoms with van der Waals surface area (Å²) < 4.78 is 0. The van der Waals surface area contributed by atoms with Crippen molar-refractivity contribution in [1.82, 2.24) is 0 Å². The number of hydrogen-bond acceptors (Lipinski definition) is 2. The smallest absolute Gasteiger partial charge is 0.0485 e. The van der Waals surface area contributed by atoms with Crippen molar-refractivity contribution >= 4 is 18.1 Å². The van der Waals surface area contributed by atoms with Gasteiger partial charge in [0.05, 0.1) is 0 Å². The number of para-hydroxylation sites is 1. The molecule has 12 heavy (non-hydrogen) atoms. The Labute approximate surface area is 92.2 Å². The van der Waals surface area contributed by atoms with Crippen molar-refractivity contribution in [3.05, 3.63) is 30.3 Å². The molecule has 1 radical (unpaired) electrons. The second-order valence-corrected chi connectivity index (χ2v) is 1.51. The Bertz CT molecular complexity index is 158. The van der Waals surface area contributed by atoms with Gasteiger partial charge in [0.25, 0.3) is 0 Å². The average molecular weight is 226 g/mol. The molecule has 0 spiro atoms. The normalized spacial score (nSPS) is 6.25. The van der Waals surface area contributed by atoms with E-state index in [1.165, 1.54) is 0 Å². The molecule has 0 fully saturated rings. The van der Waals surface area contributed by atoms with E-state index in [1.807, 2.05) is 44.2 Å². The van der Waals surface area contributed by atoms with Gasteiger partial charge in [-0.05, 0) is 12.1 Å². The number of benzene rings is 1. The summed E-state index contributed by atoms with van der Waals surface area (Å²) in [5.74, 6) is 5.10. The number of nitrogens with one attached hydrogen (secondary N) is 1. The number of anilines is 1. The van der Waals surface area contributed by atoms with Gasteiger partial charge in [-0.2, -0.15) is 0 Å². The van der Waals surface area contributed by atoms with Gasteiger partial charge in [-0.1, -0.05) is 32.0 Å². The van der Waals surface area contributed by atoms with Gasteiger partial charge in [-0.15, -0.1) is 12.4 Å². The van der Waals surface area contributed by atoms with Gasteiger partial charge in [0.1, 0.15) is 0 Å². The molecule has 1 aromatic carbocycles. The van der Waals surface area contributed by atoms with Gasteiger partial charge in [0, 0.05) is 24.2 Å². The zero-order chi connectivity index (χ0) is 7.82. The molecule has 0 heterocycles. The number of rotatable bonds is 1. The monoisotopic (exact) mass is 225 g/mol. The van der Waals surface area contributed by atoms with E-state index < -0.39 is 0 Å². The summed E-state index contributed by atoms with van der Waals surface area (Å²) in [6.45, 7) is 4.00. The number of nitrogen functional groups attached to an aromatic ring is 1. The van der Waals surface area contributed by atoms with Gasteiger partial charge in [0.15, 0.2) is 0 Å². The van der Waals surface area contributed by atoms with Crippen molar-refractivity contribution in [2.24, 2.45) is 5.84 Å². The molecular weight excluding hydrogens is 210 g/mol. The third-order valence-corrected chi connectivity index (χ3v) is 0.940. The average Bonchev–Trinajstić information content (AvgIpc) is 2.10. The molecule has 0 aromatic heterocycles. The first-order valence-electron chi connectivity index (χ1n) is 3.45. The van der Waals surface area contributed by atoms with Gasteiger partial charge < -0.3 is 5.43 Å². The van der Waals surface area contributed by atoms with Gasteiger partial charge in [-0.3, -0.25) is 5.84 Å². The minimum atomic E-state index is 0. The summed E-state index contributed by atoms with van der Waals surface area (Å²) >= 11 is 0. The van der Waals surface area contributed by atoms with E-state index in [4.69, 9.17) is 5.84 Å². The summed E-state index contributed by atoms with van der Waals surface area (Å²) in [5, 5.41) is 0. The molecule has 4 heteroatoms. The van der Waals surface area contributed by atoms with Crippen molar-refractivity contribution in [1.29, 1.82) is 0 Å². The minimum Gasteiger partial charge on any atom is -0.324 e. The first kappa shape index (κ1) is 17.8. The number of halogens is 1. The molecule has 0 saturated heterocycles. The molecule has 69 valence electrons. The second-order valence-electron chi connectivity index (χ2n) is 1.51. The number of nitrogens with two attached hydrogens (primary N) is 1. The second kappa shape index (κ2) is 13.4. The number of hydrogen-bond donors (Lipinski definition) is 2. The summed E-state index contributed by atoms with van der Waals surface area (Å²) in [4.78, 5) is 0. The van der Waals surface area contributed by atoms with E-state index in [2.05, 4.69) is 5.43 Å². The van der Waals surface area contributed by atoms with Crippen LogP contribution in [0.5, 0.6) is 0 Å². The Balaban J connectivity index is -0.000000189. The largest absolute Gasteiger partial charge is 0.324 e. The molecule has 3 N–H and O–H groups in total. The Hall–Kier alpha value is -0.146. The summed E-state index contributed by atoms with van der Waals surface area (Å²) in [7, 11) is 0. The van der Waals surface area contributed by atoms with Crippen LogP contribution in [-0.4, -0.2) is 0 Å². The maximum absolute atomic E-state index is 5.10. The number of hydrazine groups is 1. The van der Waals surface area contributed by atoms with Gasteiger partial charge >= 0.3 is 0 Å². The van der Waals surface area contributed by atoms with Crippen LogP contribution in [0.25, 0.3) is 0 Å². The molecule has 0 aliphatic heterocycles. The van der Waals surface area contributed by atoms with E-state index in [-0.39, 0.29) is 31.0 Å². The molecule has 1 rings (SSSR count). The molecule has 2 nitrogen and oxygen atoms in total. The Morgan fingerprint density at radius 2 is 1.50 bits per heavy atom. The van der Waals surface area contributed by atoms with Crippen molar-refractivity contribution in [2.45, 2.75) is 13.8 Å². The van der Waals surface area contributed by atoms with Crippen molar-refractivity contribution in [2.75, 3.05) is 5.43 Å². The van der Waals surface area contributed by atoms with Crippen molar-refractivity contribution in [3.63, 3.8) is 0 Å². The Morgan fingerprint density at radius 1 is 1.08 bits per heavy atom. The first-order chi connectivity index (χ1) is 4.93. The molecule has 0 atom stereocenters. The van der Waals surface area contributed by atoms with E-state index in [1.54, 1.807) is 0 Å². The first-order valence-corrected chi connectivity index (χ1v) is 3.45.